The van der Waals surface area contributed by atoms with E-state index in [1.165, 1.54) is 22.7 Å². The molecule has 0 radical (unpaired) electrons. The maximum absolute atomic E-state index is 13.4. The van der Waals surface area contributed by atoms with Crippen LogP contribution in [0.3, 0.4) is 0 Å². The lowest BCUT2D eigenvalue weighted by Crippen LogP contribution is -2.66. The molecule has 1 aliphatic carbocycles. The first-order valence-electron chi connectivity index (χ1n) is 11.7. The summed E-state index contributed by atoms with van der Waals surface area (Å²) in [5.41, 5.74) is -1.36. The van der Waals surface area contributed by atoms with Gasteiger partial charge in [0, 0.05) is 23.4 Å². The zero-order valence-corrected chi connectivity index (χ0v) is 21.7. The molecule has 0 unspecified atom stereocenters. The highest BCUT2D eigenvalue weighted by Crippen LogP contribution is 2.51. The largest absolute Gasteiger partial charge is 0.460 e. The lowest BCUT2D eigenvalue weighted by molar-refractivity contribution is -0.189. The number of carbonyl (C=O) groups excluding carboxylic acids is 2. The summed E-state index contributed by atoms with van der Waals surface area (Å²) in [5, 5.41) is 13.6. The summed E-state index contributed by atoms with van der Waals surface area (Å²) in [6.07, 6.45) is 0.780. The molecule has 1 spiro atoms. The van der Waals surface area contributed by atoms with Crippen LogP contribution in [-0.2, 0) is 19.9 Å². The van der Waals surface area contributed by atoms with Gasteiger partial charge in [0.05, 0.1) is 9.75 Å². The van der Waals surface area contributed by atoms with Gasteiger partial charge in [0.25, 0.3) is 0 Å². The highest BCUT2D eigenvalue weighted by Gasteiger charge is 2.57. The zero-order chi connectivity index (χ0) is 24.8. The van der Waals surface area contributed by atoms with Crippen LogP contribution in [0, 0.1) is 5.41 Å². The molecule has 1 N–H and O–H groups in total. The summed E-state index contributed by atoms with van der Waals surface area (Å²) in [4.78, 5) is 29.4. The first-order valence-corrected chi connectivity index (χ1v) is 13.4. The quantitative estimate of drug-likeness (QED) is 0.448. The van der Waals surface area contributed by atoms with E-state index in [1.807, 2.05) is 68.6 Å². The molecule has 35 heavy (non-hydrogen) atoms. The number of rotatable bonds is 5. The second kappa shape index (κ2) is 8.76. The Balaban J connectivity index is 1.26. The van der Waals surface area contributed by atoms with Gasteiger partial charge in [-0.25, -0.2) is 9.59 Å². The topological polar surface area (TPSA) is 76.1 Å². The average molecular weight is 512 g/mol. The fourth-order valence-corrected chi connectivity index (χ4v) is 6.79. The summed E-state index contributed by atoms with van der Waals surface area (Å²) >= 11 is 2.73. The number of nitrogens with zero attached hydrogens (tertiary/aromatic N) is 1. The van der Waals surface area contributed by atoms with Gasteiger partial charge in [-0.2, -0.15) is 0 Å². The number of thiophene rings is 2. The van der Waals surface area contributed by atoms with Gasteiger partial charge in [-0.3, -0.25) is 0 Å². The second-order valence-electron chi connectivity index (χ2n) is 10.5. The molecule has 3 heterocycles. The third kappa shape index (κ3) is 4.62. The van der Waals surface area contributed by atoms with E-state index in [0.29, 0.717) is 35.7 Å². The van der Waals surface area contributed by atoms with Gasteiger partial charge >= 0.3 is 12.1 Å². The first-order chi connectivity index (χ1) is 16.6. The van der Waals surface area contributed by atoms with E-state index in [-0.39, 0.29) is 17.6 Å². The Bertz CT molecular complexity index is 1200. The van der Waals surface area contributed by atoms with E-state index >= 15 is 0 Å². The number of hydrogen-bond acceptors (Lipinski definition) is 7. The molecule has 6 nitrogen and oxygen atoms in total. The number of amides is 1. The van der Waals surface area contributed by atoms with E-state index in [1.54, 1.807) is 17.0 Å². The lowest BCUT2D eigenvalue weighted by atomic mass is 9.62. The monoisotopic (exact) mass is 511 g/mol. The molecule has 2 aromatic heterocycles. The molecule has 184 valence electrons. The minimum Gasteiger partial charge on any atom is -0.460 e. The fraction of sp³-hybridized carbons (Fsp3) is 0.407. The van der Waals surface area contributed by atoms with E-state index in [0.717, 1.165) is 10.4 Å². The van der Waals surface area contributed by atoms with Gasteiger partial charge in [-0.15, -0.1) is 22.7 Å². The number of benzene rings is 1. The predicted molar refractivity (Wildman–Crippen MR) is 136 cm³/mol. The molecule has 1 atom stereocenters. The van der Waals surface area contributed by atoms with Crippen LogP contribution < -0.4 is 0 Å². The average Bonchev–Trinajstić information content (AvgIpc) is 3.46. The number of esters is 1. The summed E-state index contributed by atoms with van der Waals surface area (Å²) in [6.45, 7) is 6.77. The number of ether oxygens (including phenoxy) is 2. The predicted octanol–water partition coefficient (Wildman–Crippen LogP) is 5.66. The highest BCUT2D eigenvalue weighted by molar-refractivity contribution is 7.16. The van der Waals surface area contributed by atoms with Crippen molar-refractivity contribution in [3.63, 3.8) is 0 Å². The summed E-state index contributed by atoms with van der Waals surface area (Å²) in [6, 6.07) is 17.2. The van der Waals surface area contributed by atoms with Gasteiger partial charge in [-0.05, 0) is 62.8 Å². The van der Waals surface area contributed by atoms with Crippen LogP contribution in [0.25, 0.3) is 10.4 Å². The number of aliphatic hydroxyl groups is 1. The Hall–Kier alpha value is -2.68. The Kier molecular flexibility index (Phi) is 6.02. The molecule has 2 aliphatic rings. The maximum Gasteiger partial charge on any atom is 0.410 e. The Morgan fingerprint density at radius 1 is 1.00 bits per heavy atom. The van der Waals surface area contributed by atoms with Crippen LogP contribution >= 0.6 is 22.7 Å². The molecule has 8 heteroatoms. The van der Waals surface area contributed by atoms with Crippen molar-refractivity contribution >= 4 is 34.7 Å². The summed E-state index contributed by atoms with van der Waals surface area (Å²) in [7, 11) is 0. The van der Waals surface area contributed by atoms with Gasteiger partial charge < -0.3 is 19.5 Å². The third-order valence-electron chi connectivity index (χ3n) is 6.49. The molecular formula is C27H29NO5S2. The molecule has 1 saturated heterocycles. The molecule has 1 saturated carbocycles. The van der Waals surface area contributed by atoms with Gasteiger partial charge in [0.2, 0.25) is 5.60 Å². The Morgan fingerprint density at radius 3 is 2.34 bits per heavy atom. The Labute approximate surface area is 213 Å². The first kappa shape index (κ1) is 24.0. The van der Waals surface area contributed by atoms with Crippen LogP contribution in [0.2, 0.25) is 0 Å². The van der Waals surface area contributed by atoms with Crippen molar-refractivity contribution in [1.82, 2.24) is 4.90 Å². The van der Waals surface area contributed by atoms with Crippen LogP contribution in [0.1, 0.15) is 43.4 Å². The van der Waals surface area contributed by atoms with Crippen LogP contribution in [0.5, 0.6) is 0 Å². The smallest absolute Gasteiger partial charge is 0.410 e. The highest BCUT2D eigenvalue weighted by atomic mass is 32.1. The second-order valence-corrected chi connectivity index (χ2v) is 12.5. The minimum atomic E-state index is -1.85. The van der Waals surface area contributed by atoms with Crippen molar-refractivity contribution in [2.45, 2.75) is 50.9 Å². The maximum atomic E-state index is 13.4. The molecule has 1 amide bonds. The normalized spacial score (nSPS) is 18.9. The standard InChI is InChI=1S/C27H29NO5S2/c1-25(2,3)33-24(30)28-16-26(17-28)14-19(15-26)32-23(29)27(31,21-10-7-13-34-21)22-12-11-20(35-22)18-8-5-4-6-9-18/h4-13,19,31H,14-17H2,1-3H3/t27-/m1/s1. The van der Waals surface area contributed by atoms with Crippen LogP contribution in [-0.4, -0.2) is 46.9 Å². The Morgan fingerprint density at radius 2 is 1.71 bits per heavy atom. The van der Waals surface area contributed by atoms with Crippen molar-refractivity contribution in [3.8, 4) is 10.4 Å². The van der Waals surface area contributed by atoms with Crippen molar-refractivity contribution in [1.29, 1.82) is 0 Å². The van der Waals surface area contributed by atoms with Crippen molar-refractivity contribution < 1.29 is 24.2 Å². The summed E-state index contributed by atoms with van der Waals surface area (Å²) in [5.74, 6) is -0.649. The zero-order valence-electron chi connectivity index (χ0n) is 20.0. The molecule has 5 rings (SSSR count). The fourth-order valence-electron chi connectivity index (χ4n) is 4.80. The van der Waals surface area contributed by atoms with Crippen LogP contribution in [0.15, 0.2) is 60.0 Å². The van der Waals surface area contributed by atoms with Crippen LogP contribution in [0.4, 0.5) is 4.79 Å². The minimum absolute atomic E-state index is 0.0215. The molecule has 1 aliphatic heterocycles. The lowest BCUT2D eigenvalue weighted by Gasteiger charge is -2.58. The van der Waals surface area contributed by atoms with Gasteiger partial charge in [0.1, 0.15) is 11.7 Å². The molecular weight excluding hydrogens is 482 g/mol. The summed E-state index contributed by atoms with van der Waals surface area (Å²) < 4.78 is 11.3. The van der Waals surface area contributed by atoms with E-state index in [9.17, 15) is 14.7 Å². The molecule has 0 bridgehead atoms. The van der Waals surface area contributed by atoms with Crippen molar-refractivity contribution in [2.24, 2.45) is 5.41 Å². The number of carbonyl (C=O) groups is 2. The molecule has 2 fully saturated rings. The van der Waals surface area contributed by atoms with Crippen molar-refractivity contribution in [3.05, 3.63) is 69.7 Å². The number of likely N-dealkylation sites (tertiary alicyclic amines) is 1. The third-order valence-corrected chi connectivity index (χ3v) is 8.72. The van der Waals surface area contributed by atoms with E-state index < -0.39 is 17.2 Å². The molecule has 1 aromatic carbocycles. The molecule has 3 aromatic rings. The number of hydrogen-bond donors (Lipinski definition) is 1. The van der Waals surface area contributed by atoms with E-state index in [2.05, 4.69) is 0 Å². The van der Waals surface area contributed by atoms with Gasteiger partial charge in [-0.1, -0.05) is 36.4 Å². The van der Waals surface area contributed by atoms with Crippen molar-refractivity contribution in [2.75, 3.05) is 13.1 Å². The SMILES string of the molecule is CC(C)(C)OC(=O)N1CC2(CC(OC(=O)[C@@](O)(c3cccs3)c3ccc(-c4ccccc4)s3)C2)C1. The van der Waals surface area contributed by atoms with Gasteiger partial charge in [0.15, 0.2) is 0 Å². The van der Waals surface area contributed by atoms with E-state index in [4.69, 9.17) is 9.47 Å².